The van der Waals surface area contributed by atoms with Gasteiger partial charge in [-0.1, -0.05) is 77.5 Å². The predicted molar refractivity (Wildman–Crippen MR) is 160 cm³/mol. The van der Waals surface area contributed by atoms with Crippen molar-refractivity contribution in [1.29, 1.82) is 0 Å². The van der Waals surface area contributed by atoms with Crippen molar-refractivity contribution >= 4 is 43.5 Å². The van der Waals surface area contributed by atoms with E-state index in [9.17, 15) is 18.0 Å². The van der Waals surface area contributed by atoms with Gasteiger partial charge in [-0.05, 0) is 60.7 Å². The van der Waals surface area contributed by atoms with Crippen molar-refractivity contribution < 1.29 is 18.0 Å². The van der Waals surface area contributed by atoms with Crippen molar-refractivity contribution in [3.63, 3.8) is 0 Å². The fourth-order valence-electron chi connectivity index (χ4n) is 4.29. The summed E-state index contributed by atoms with van der Waals surface area (Å²) in [4.78, 5) is 29.1. The summed E-state index contributed by atoms with van der Waals surface area (Å²) in [5, 5.41) is 2.95. The maximum Gasteiger partial charge on any atom is 0.244 e. The molecule has 0 spiro atoms. The lowest BCUT2D eigenvalue weighted by Crippen LogP contribution is -2.53. The summed E-state index contributed by atoms with van der Waals surface area (Å²) in [6, 6.07) is 21.5. The molecule has 0 radical (unpaired) electrons. The van der Waals surface area contributed by atoms with E-state index in [1.165, 1.54) is 4.90 Å². The molecule has 1 N–H and O–H groups in total. The third-order valence-electron chi connectivity index (χ3n) is 6.53. The van der Waals surface area contributed by atoms with E-state index in [0.29, 0.717) is 18.7 Å². The molecule has 3 aromatic carbocycles. The van der Waals surface area contributed by atoms with Crippen LogP contribution in [0.3, 0.4) is 0 Å². The number of aryl methyl sites for hydroxylation is 2. The number of halogens is 1. The SMILES string of the molecule is CCCNC(=O)[C@@H](Cc1ccccc1)N(Cc1ccccc1C)C(=O)CN(c1ccc(Br)c(C)c1)S(C)(=O)=O. The average Bonchev–Trinajstić information content (AvgIpc) is 2.90. The zero-order valence-electron chi connectivity index (χ0n) is 22.9. The number of nitrogens with zero attached hydrogens (tertiary/aromatic N) is 2. The number of sulfonamides is 1. The van der Waals surface area contributed by atoms with Crippen LogP contribution in [0.25, 0.3) is 0 Å². The first kappa shape index (κ1) is 30.4. The van der Waals surface area contributed by atoms with Crippen LogP contribution >= 0.6 is 15.9 Å². The van der Waals surface area contributed by atoms with Gasteiger partial charge in [-0.15, -0.1) is 0 Å². The molecule has 0 fully saturated rings. The third kappa shape index (κ3) is 8.41. The minimum atomic E-state index is -3.81. The smallest absolute Gasteiger partial charge is 0.244 e. The molecule has 0 aromatic heterocycles. The quantitative estimate of drug-likeness (QED) is 0.311. The Hall–Kier alpha value is -3.17. The monoisotopic (exact) mass is 613 g/mol. The highest BCUT2D eigenvalue weighted by Gasteiger charge is 2.33. The van der Waals surface area contributed by atoms with Crippen LogP contribution in [0.4, 0.5) is 5.69 Å². The van der Waals surface area contributed by atoms with Gasteiger partial charge in [-0.2, -0.15) is 0 Å². The van der Waals surface area contributed by atoms with Crippen LogP contribution in [0.2, 0.25) is 0 Å². The van der Waals surface area contributed by atoms with Gasteiger partial charge in [0, 0.05) is 24.0 Å². The van der Waals surface area contributed by atoms with Crippen LogP contribution < -0.4 is 9.62 Å². The maximum absolute atomic E-state index is 14.1. The van der Waals surface area contributed by atoms with E-state index < -0.39 is 28.5 Å². The molecule has 0 aliphatic carbocycles. The summed E-state index contributed by atoms with van der Waals surface area (Å²) in [5.74, 6) is -0.732. The highest BCUT2D eigenvalue weighted by atomic mass is 79.9. The molecule has 2 amide bonds. The highest BCUT2D eigenvalue weighted by Crippen LogP contribution is 2.25. The van der Waals surface area contributed by atoms with E-state index >= 15 is 0 Å². The lowest BCUT2D eigenvalue weighted by molar-refractivity contribution is -0.140. The Labute approximate surface area is 240 Å². The van der Waals surface area contributed by atoms with Crippen LogP contribution in [0.1, 0.15) is 35.6 Å². The molecular weight excluding hydrogens is 578 g/mol. The number of amides is 2. The normalized spacial score (nSPS) is 12.0. The van der Waals surface area contributed by atoms with Crippen molar-refractivity contribution in [3.05, 3.63) is 99.5 Å². The summed E-state index contributed by atoms with van der Waals surface area (Å²) in [5.41, 5.74) is 3.99. The number of rotatable bonds is 12. The molecule has 7 nitrogen and oxygen atoms in total. The molecule has 0 saturated heterocycles. The molecule has 0 saturated carbocycles. The molecule has 39 heavy (non-hydrogen) atoms. The molecule has 0 heterocycles. The Morgan fingerprint density at radius 1 is 0.949 bits per heavy atom. The predicted octanol–water partition coefficient (Wildman–Crippen LogP) is 5.00. The second-order valence-electron chi connectivity index (χ2n) is 9.65. The molecule has 3 aromatic rings. The Balaban J connectivity index is 2.06. The minimum Gasteiger partial charge on any atom is -0.354 e. The number of benzene rings is 3. The van der Waals surface area contributed by atoms with E-state index in [-0.39, 0.29) is 12.5 Å². The van der Waals surface area contributed by atoms with Gasteiger partial charge in [0.2, 0.25) is 21.8 Å². The molecular formula is C30H36BrN3O4S. The molecule has 0 aliphatic heterocycles. The van der Waals surface area contributed by atoms with Crippen LogP contribution in [0.5, 0.6) is 0 Å². The molecule has 1 atom stereocenters. The standard InChI is InChI=1S/C30H36BrN3O4S/c1-5-17-32-30(36)28(19-24-12-7-6-8-13-24)33(20-25-14-10-9-11-22(25)2)29(35)21-34(39(4,37)38)26-15-16-27(31)23(3)18-26/h6-16,18,28H,5,17,19-21H2,1-4H3,(H,32,36)/t28-/m1/s1. The third-order valence-corrected chi connectivity index (χ3v) is 8.56. The van der Waals surface area contributed by atoms with Gasteiger partial charge in [0.25, 0.3) is 0 Å². The van der Waals surface area contributed by atoms with E-state index in [1.807, 2.05) is 75.4 Å². The van der Waals surface area contributed by atoms with Crippen molar-refractivity contribution in [2.45, 2.75) is 46.2 Å². The zero-order valence-corrected chi connectivity index (χ0v) is 25.3. The molecule has 0 unspecified atom stereocenters. The summed E-state index contributed by atoms with van der Waals surface area (Å²) in [7, 11) is -3.81. The summed E-state index contributed by atoms with van der Waals surface area (Å²) < 4.78 is 27.7. The first-order chi connectivity index (χ1) is 18.5. The zero-order chi connectivity index (χ0) is 28.6. The Kier molecular flexibility index (Phi) is 10.7. The minimum absolute atomic E-state index is 0.166. The lowest BCUT2D eigenvalue weighted by atomic mass is 10.0. The van der Waals surface area contributed by atoms with Crippen LogP contribution in [-0.4, -0.2) is 50.5 Å². The van der Waals surface area contributed by atoms with Gasteiger partial charge in [0.05, 0.1) is 11.9 Å². The average molecular weight is 615 g/mol. The number of hydrogen-bond donors (Lipinski definition) is 1. The van der Waals surface area contributed by atoms with Crippen LogP contribution in [-0.2, 0) is 32.6 Å². The summed E-state index contributed by atoms with van der Waals surface area (Å²) in [6.45, 7) is 5.98. The van der Waals surface area contributed by atoms with Crippen molar-refractivity contribution in [1.82, 2.24) is 10.2 Å². The van der Waals surface area contributed by atoms with Gasteiger partial charge in [0.15, 0.2) is 0 Å². The molecule has 3 rings (SSSR count). The number of anilines is 1. The van der Waals surface area contributed by atoms with Crippen molar-refractivity contribution in [3.8, 4) is 0 Å². The fraction of sp³-hybridized carbons (Fsp3) is 0.333. The summed E-state index contributed by atoms with van der Waals surface area (Å²) >= 11 is 3.45. The number of hydrogen-bond acceptors (Lipinski definition) is 4. The van der Waals surface area contributed by atoms with Gasteiger partial charge < -0.3 is 10.2 Å². The first-order valence-corrected chi connectivity index (χ1v) is 15.5. The van der Waals surface area contributed by atoms with Crippen molar-refractivity contribution in [2.75, 3.05) is 23.7 Å². The largest absolute Gasteiger partial charge is 0.354 e. The van der Waals surface area contributed by atoms with Crippen molar-refractivity contribution in [2.24, 2.45) is 0 Å². The topological polar surface area (TPSA) is 86.8 Å². The van der Waals surface area contributed by atoms with Gasteiger partial charge >= 0.3 is 0 Å². The second-order valence-corrected chi connectivity index (χ2v) is 12.4. The number of carbonyl (C=O) groups is 2. The Bertz CT molecular complexity index is 1400. The van der Waals surface area contributed by atoms with Gasteiger partial charge in [0.1, 0.15) is 12.6 Å². The van der Waals surface area contributed by atoms with E-state index in [1.54, 1.807) is 18.2 Å². The molecule has 0 bridgehead atoms. The number of carbonyl (C=O) groups excluding carboxylic acids is 2. The highest BCUT2D eigenvalue weighted by molar-refractivity contribution is 9.10. The molecule has 0 aliphatic rings. The fourth-order valence-corrected chi connectivity index (χ4v) is 5.38. The van der Waals surface area contributed by atoms with Gasteiger partial charge in [-0.3, -0.25) is 13.9 Å². The van der Waals surface area contributed by atoms with E-state index in [2.05, 4.69) is 21.2 Å². The van der Waals surface area contributed by atoms with E-state index in [0.717, 1.165) is 43.7 Å². The first-order valence-electron chi connectivity index (χ1n) is 12.9. The Morgan fingerprint density at radius 3 is 2.23 bits per heavy atom. The Morgan fingerprint density at radius 2 is 1.62 bits per heavy atom. The van der Waals surface area contributed by atoms with Crippen LogP contribution in [0, 0.1) is 13.8 Å². The second kappa shape index (κ2) is 13.8. The molecule has 9 heteroatoms. The summed E-state index contributed by atoms with van der Waals surface area (Å²) in [6.07, 6.45) is 2.13. The number of nitrogens with one attached hydrogen (secondary N) is 1. The molecule has 208 valence electrons. The lowest BCUT2D eigenvalue weighted by Gasteiger charge is -2.34. The van der Waals surface area contributed by atoms with Crippen LogP contribution in [0.15, 0.2) is 77.3 Å². The van der Waals surface area contributed by atoms with Gasteiger partial charge in [-0.25, -0.2) is 8.42 Å². The maximum atomic E-state index is 14.1. The van der Waals surface area contributed by atoms with E-state index in [4.69, 9.17) is 0 Å².